The number of rotatable bonds is 3. The van der Waals surface area contributed by atoms with Crippen molar-refractivity contribution in [2.45, 2.75) is 27.7 Å². The Morgan fingerprint density at radius 3 is 2.64 bits per heavy atom. The van der Waals surface area contributed by atoms with Gasteiger partial charge < -0.3 is 4.98 Å². The van der Waals surface area contributed by atoms with Crippen molar-refractivity contribution in [1.29, 1.82) is 0 Å². The highest BCUT2D eigenvalue weighted by molar-refractivity contribution is 7.07. The smallest absolute Gasteiger partial charge is 0.266 e. The summed E-state index contributed by atoms with van der Waals surface area (Å²) in [6.45, 7) is 7.31. The lowest BCUT2D eigenvalue weighted by atomic mass is 9.91. The largest absolute Gasteiger partial charge is 0.313 e. The van der Waals surface area contributed by atoms with Crippen LogP contribution in [-0.4, -0.2) is 20.5 Å². The van der Waals surface area contributed by atoms with E-state index in [1.54, 1.807) is 22.9 Å². The van der Waals surface area contributed by atoms with Gasteiger partial charge in [0, 0.05) is 22.1 Å². The molecule has 2 heterocycles. The van der Waals surface area contributed by atoms with E-state index in [0.29, 0.717) is 30.6 Å². The van der Waals surface area contributed by atoms with Crippen molar-refractivity contribution in [3.8, 4) is 5.69 Å². The Morgan fingerprint density at radius 1 is 1.29 bits per heavy atom. The number of H-pyrrole nitrogens is 1. The molecule has 0 unspecified atom stereocenters. The van der Waals surface area contributed by atoms with Crippen molar-refractivity contribution in [3.05, 3.63) is 65.2 Å². The monoisotopic (exact) mass is 435 g/mol. The van der Waals surface area contributed by atoms with Crippen LogP contribution in [0.1, 0.15) is 32.0 Å². The summed E-state index contributed by atoms with van der Waals surface area (Å²) >= 11 is 13.8. The van der Waals surface area contributed by atoms with Gasteiger partial charge >= 0.3 is 0 Å². The van der Waals surface area contributed by atoms with Gasteiger partial charge in [0.15, 0.2) is 5.78 Å². The standard InChI is InChI=1S/C20H19Cl2N3O2S/c1-11-14(18(22)25(24-11)13-7-5-6-12(21)8-13)9-15-19(27)23-17(28-15)10-16(26)20(2,3)4/h5-10H,1-4H3,(H,23,27). The second-order valence-corrected chi connectivity index (χ2v) is 9.25. The van der Waals surface area contributed by atoms with Gasteiger partial charge in [-0.05, 0) is 31.2 Å². The first-order valence-electron chi connectivity index (χ1n) is 8.54. The number of halogens is 2. The fourth-order valence-electron chi connectivity index (χ4n) is 2.45. The molecule has 0 saturated carbocycles. The van der Waals surface area contributed by atoms with Gasteiger partial charge in [-0.2, -0.15) is 5.10 Å². The minimum Gasteiger partial charge on any atom is -0.313 e. The molecule has 0 aliphatic carbocycles. The number of nitrogens with zero attached hydrogens (tertiary/aromatic N) is 2. The number of nitrogens with one attached hydrogen (secondary N) is 1. The maximum atomic E-state index is 12.3. The molecule has 0 atom stereocenters. The van der Waals surface area contributed by atoms with Gasteiger partial charge in [-0.1, -0.05) is 50.0 Å². The van der Waals surface area contributed by atoms with Gasteiger partial charge in [-0.15, -0.1) is 11.3 Å². The van der Waals surface area contributed by atoms with E-state index < -0.39 is 5.41 Å². The predicted molar refractivity (Wildman–Crippen MR) is 115 cm³/mol. The number of hydrogen-bond acceptors (Lipinski definition) is 4. The summed E-state index contributed by atoms with van der Waals surface area (Å²) in [7, 11) is 0. The van der Waals surface area contributed by atoms with Gasteiger partial charge in [-0.25, -0.2) is 4.68 Å². The second-order valence-electron chi connectivity index (χ2n) is 7.37. The maximum absolute atomic E-state index is 12.3. The highest BCUT2D eigenvalue weighted by Gasteiger charge is 2.19. The van der Waals surface area contributed by atoms with E-state index in [9.17, 15) is 9.59 Å². The maximum Gasteiger partial charge on any atom is 0.266 e. The van der Waals surface area contributed by atoms with Crippen LogP contribution >= 0.6 is 34.5 Å². The molecule has 1 aromatic carbocycles. The average molecular weight is 436 g/mol. The SMILES string of the molecule is Cc1nn(-c2cccc(Cl)c2)c(Cl)c1C=c1sc(=CC(=O)C(C)(C)C)[nH]c1=O. The lowest BCUT2D eigenvalue weighted by molar-refractivity contribution is -0.119. The summed E-state index contributed by atoms with van der Waals surface area (Å²) in [6.07, 6.45) is 3.15. The lowest BCUT2D eigenvalue weighted by Crippen LogP contribution is -2.22. The third-order valence-electron chi connectivity index (χ3n) is 4.06. The topological polar surface area (TPSA) is 67.8 Å². The zero-order chi connectivity index (χ0) is 20.6. The predicted octanol–water partition coefficient (Wildman–Crippen LogP) is 3.46. The molecule has 1 N–H and O–H groups in total. The average Bonchev–Trinajstić information content (AvgIpc) is 3.08. The molecule has 0 aliphatic heterocycles. The molecule has 3 rings (SSSR count). The van der Waals surface area contributed by atoms with Crippen molar-refractivity contribution >= 4 is 52.5 Å². The van der Waals surface area contributed by atoms with Crippen LogP contribution in [0.5, 0.6) is 0 Å². The number of carbonyl (C=O) groups excluding carboxylic acids is 1. The van der Waals surface area contributed by atoms with E-state index in [1.807, 2.05) is 39.8 Å². The highest BCUT2D eigenvalue weighted by atomic mass is 35.5. The summed E-state index contributed by atoms with van der Waals surface area (Å²) in [4.78, 5) is 27.2. The Hall–Kier alpha value is -2.15. The second kappa shape index (κ2) is 7.70. The van der Waals surface area contributed by atoms with Gasteiger partial charge in [0.05, 0.1) is 20.6 Å². The van der Waals surface area contributed by atoms with Gasteiger partial charge in [0.25, 0.3) is 5.56 Å². The summed E-state index contributed by atoms with van der Waals surface area (Å²) in [5.41, 5.74) is 1.26. The zero-order valence-corrected chi connectivity index (χ0v) is 18.2. The highest BCUT2D eigenvalue weighted by Crippen LogP contribution is 2.25. The van der Waals surface area contributed by atoms with E-state index in [4.69, 9.17) is 23.2 Å². The molecule has 5 nitrogen and oxygen atoms in total. The van der Waals surface area contributed by atoms with E-state index in [-0.39, 0.29) is 11.3 Å². The molecule has 0 fully saturated rings. The number of aryl methyl sites for hydroxylation is 1. The van der Waals surface area contributed by atoms with Gasteiger partial charge in [0.2, 0.25) is 0 Å². The van der Waals surface area contributed by atoms with Gasteiger partial charge in [0.1, 0.15) is 5.15 Å². The minimum absolute atomic E-state index is 0.0560. The van der Waals surface area contributed by atoms with Crippen molar-refractivity contribution in [3.63, 3.8) is 0 Å². The summed E-state index contributed by atoms with van der Waals surface area (Å²) < 4.78 is 2.53. The molecule has 146 valence electrons. The van der Waals surface area contributed by atoms with E-state index >= 15 is 0 Å². The Kier molecular flexibility index (Phi) is 5.66. The normalized spacial score (nSPS) is 13.4. The van der Waals surface area contributed by atoms with E-state index in [0.717, 1.165) is 5.69 Å². The van der Waals surface area contributed by atoms with Crippen molar-refractivity contribution < 1.29 is 4.79 Å². The van der Waals surface area contributed by atoms with Crippen molar-refractivity contribution in [2.24, 2.45) is 5.41 Å². The first-order chi connectivity index (χ1) is 13.1. The lowest BCUT2D eigenvalue weighted by Gasteiger charge is -2.12. The fraction of sp³-hybridized carbons (Fsp3) is 0.250. The zero-order valence-electron chi connectivity index (χ0n) is 15.8. The van der Waals surface area contributed by atoms with Crippen LogP contribution in [0.2, 0.25) is 10.2 Å². The number of aromatic amines is 1. The molecule has 3 aromatic rings. The molecule has 0 amide bonds. The fourth-order valence-corrected chi connectivity index (χ4v) is 3.82. The molecular formula is C20H19Cl2N3O2S. The molecular weight excluding hydrogens is 417 g/mol. The summed E-state index contributed by atoms with van der Waals surface area (Å²) in [6, 6.07) is 7.18. The molecule has 2 aromatic heterocycles. The number of ketones is 1. The Bertz CT molecular complexity index is 1230. The van der Waals surface area contributed by atoms with Crippen LogP contribution in [-0.2, 0) is 4.79 Å². The molecule has 0 aliphatic rings. The summed E-state index contributed by atoms with van der Waals surface area (Å²) in [5, 5.41) is 5.41. The van der Waals surface area contributed by atoms with Crippen LogP contribution in [0.15, 0.2) is 29.1 Å². The molecule has 0 saturated heterocycles. The first kappa shape index (κ1) is 20.6. The Morgan fingerprint density at radius 2 is 2.00 bits per heavy atom. The summed E-state index contributed by atoms with van der Waals surface area (Å²) in [5.74, 6) is -0.0560. The van der Waals surface area contributed by atoms with Crippen LogP contribution in [0.25, 0.3) is 17.8 Å². The number of carbonyl (C=O) groups is 1. The Balaban J connectivity index is 2.10. The third kappa shape index (κ3) is 4.29. The number of Topliss-reactive ketones (excluding diaryl/α,β-unsaturated/α-hetero) is 1. The van der Waals surface area contributed by atoms with Crippen molar-refractivity contribution in [2.75, 3.05) is 0 Å². The molecule has 0 bridgehead atoms. The quantitative estimate of drug-likeness (QED) is 0.684. The number of benzene rings is 1. The van der Waals surface area contributed by atoms with Crippen LogP contribution in [0.4, 0.5) is 0 Å². The number of hydrogen-bond donors (Lipinski definition) is 1. The van der Waals surface area contributed by atoms with Crippen LogP contribution in [0, 0.1) is 12.3 Å². The molecule has 28 heavy (non-hydrogen) atoms. The van der Waals surface area contributed by atoms with E-state index in [1.165, 1.54) is 17.4 Å². The molecule has 0 spiro atoms. The molecule has 0 radical (unpaired) electrons. The van der Waals surface area contributed by atoms with Crippen LogP contribution < -0.4 is 14.8 Å². The minimum atomic E-state index is -0.511. The van der Waals surface area contributed by atoms with Crippen LogP contribution in [0.3, 0.4) is 0 Å². The Labute approximate surface area is 175 Å². The van der Waals surface area contributed by atoms with Gasteiger partial charge in [-0.3, -0.25) is 9.59 Å². The number of aromatic nitrogens is 3. The van der Waals surface area contributed by atoms with Crippen molar-refractivity contribution in [1.82, 2.24) is 14.8 Å². The van der Waals surface area contributed by atoms with E-state index in [2.05, 4.69) is 10.1 Å². The molecule has 8 heteroatoms. The number of thiazole rings is 1. The first-order valence-corrected chi connectivity index (χ1v) is 10.1. The third-order valence-corrected chi connectivity index (χ3v) is 5.62.